The van der Waals surface area contributed by atoms with Crippen molar-refractivity contribution in [2.45, 2.75) is 68.2 Å². The summed E-state index contributed by atoms with van der Waals surface area (Å²) in [6, 6.07) is 22.0. The first-order valence-corrected chi connectivity index (χ1v) is 14.8. The number of nitrogens with zero attached hydrogens (tertiary/aromatic N) is 2. The van der Waals surface area contributed by atoms with Crippen LogP contribution in [0.5, 0.6) is 11.5 Å². The number of phenolic OH excluding ortho intramolecular Hbond substituents is 1. The van der Waals surface area contributed by atoms with Crippen LogP contribution in [0.15, 0.2) is 78.9 Å². The number of amides is 1. The molecule has 4 aliphatic rings. The molecular weight excluding hydrogens is 512 g/mol. The number of aryl methyl sites for hydroxylation is 2. The van der Waals surface area contributed by atoms with Crippen molar-refractivity contribution in [3.8, 4) is 11.5 Å². The lowest BCUT2D eigenvalue weighted by Gasteiger charge is -2.62. The molecule has 6 heteroatoms. The fourth-order valence-corrected chi connectivity index (χ4v) is 8.15. The van der Waals surface area contributed by atoms with Crippen molar-refractivity contribution >= 4 is 5.91 Å². The fraction of sp³-hybridized carbons (Fsp3) is 0.400. The summed E-state index contributed by atoms with van der Waals surface area (Å²) in [5.74, 6) is 0.628. The van der Waals surface area contributed by atoms with Gasteiger partial charge in [-0.2, -0.15) is 0 Å². The lowest BCUT2D eigenvalue weighted by atomic mass is 9.50. The standard InChI is InChI=1S/C35H38N2O4/c1-23-7-6-10-25(21-23)11-14-30(39)36(2)27-15-17-35(40)29-22-26-12-13-28(38)32-31(26)34(35,33(27)41-32)18-20-37(29)19-16-24-8-4-3-5-9-24/h3-10,12-13,15,17,21,27,29,33,38,40H,11,14,16,18-20,22H2,1-2H3/t27?,29-,33?,34+,35-/m1/s1. The van der Waals surface area contributed by atoms with Crippen LogP contribution in [-0.4, -0.2) is 69.8 Å². The van der Waals surface area contributed by atoms with E-state index < -0.39 is 17.1 Å². The van der Waals surface area contributed by atoms with Crippen LogP contribution in [0.4, 0.5) is 0 Å². The zero-order chi connectivity index (χ0) is 28.4. The predicted molar refractivity (Wildman–Crippen MR) is 158 cm³/mol. The van der Waals surface area contributed by atoms with Crippen molar-refractivity contribution in [2.75, 3.05) is 20.1 Å². The Labute approximate surface area is 241 Å². The highest BCUT2D eigenvalue weighted by atomic mass is 16.5. The van der Waals surface area contributed by atoms with Crippen molar-refractivity contribution in [2.24, 2.45) is 0 Å². The second kappa shape index (κ2) is 9.74. The van der Waals surface area contributed by atoms with Crippen molar-refractivity contribution in [1.82, 2.24) is 9.80 Å². The minimum atomic E-state index is -1.17. The zero-order valence-corrected chi connectivity index (χ0v) is 23.8. The van der Waals surface area contributed by atoms with Crippen LogP contribution >= 0.6 is 0 Å². The van der Waals surface area contributed by atoms with E-state index in [1.807, 2.05) is 37.4 Å². The van der Waals surface area contributed by atoms with E-state index >= 15 is 0 Å². The van der Waals surface area contributed by atoms with E-state index in [2.05, 4.69) is 54.3 Å². The van der Waals surface area contributed by atoms with E-state index in [9.17, 15) is 15.0 Å². The first-order chi connectivity index (χ1) is 19.8. The third-order valence-corrected chi connectivity index (χ3v) is 10.2. The first-order valence-electron chi connectivity index (χ1n) is 14.8. The Kier molecular flexibility index (Phi) is 6.25. The monoisotopic (exact) mass is 550 g/mol. The van der Waals surface area contributed by atoms with Crippen LogP contribution in [0, 0.1) is 6.92 Å². The molecule has 3 aromatic carbocycles. The van der Waals surface area contributed by atoms with Gasteiger partial charge < -0.3 is 19.8 Å². The largest absolute Gasteiger partial charge is 0.504 e. The van der Waals surface area contributed by atoms with Crippen LogP contribution in [0.1, 0.15) is 40.7 Å². The van der Waals surface area contributed by atoms with Crippen LogP contribution in [0.25, 0.3) is 0 Å². The molecule has 1 amide bonds. The highest BCUT2D eigenvalue weighted by Crippen LogP contribution is 2.64. The number of piperidine rings is 1. The van der Waals surface area contributed by atoms with Gasteiger partial charge in [-0.05, 0) is 61.9 Å². The molecule has 3 aromatic rings. The average Bonchev–Trinajstić information content (AvgIpc) is 3.33. The van der Waals surface area contributed by atoms with Gasteiger partial charge >= 0.3 is 0 Å². The van der Waals surface area contributed by atoms with Crippen LogP contribution < -0.4 is 4.74 Å². The van der Waals surface area contributed by atoms with Crippen molar-refractivity contribution in [1.29, 1.82) is 0 Å². The highest BCUT2D eigenvalue weighted by Gasteiger charge is 2.72. The van der Waals surface area contributed by atoms with Gasteiger partial charge in [0.05, 0.1) is 11.5 Å². The molecule has 0 radical (unpaired) electrons. The van der Waals surface area contributed by atoms with Crippen LogP contribution in [-0.2, 0) is 29.5 Å². The number of carbonyl (C=O) groups is 1. The maximum atomic E-state index is 13.5. The molecule has 6 nitrogen and oxygen atoms in total. The molecule has 0 aromatic heterocycles. The summed E-state index contributed by atoms with van der Waals surface area (Å²) in [5.41, 5.74) is 3.80. The number of likely N-dealkylation sites (tertiary alicyclic amines) is 1. The van der Waals surface area contributed by atoms with Crippen LogP contribution in [0.3, 0.4) is 0 Å². The van der Waals surface area contributed by atoms with Gasteiger partial charge in [-0.25, -0.2) is 0 Å². The van der Waals surface area contributed by atoms with Crippen LogP contribution in [0.2, 0.25) is 0 Å². The Morgan fingerprint density at radius 3 is 2.68 bits per heavy atom. The van der Waals surface area contributed by atoms with E-state index in [0.29, 0.717) is 31.4 Å². The minimum Gasteiger partial charge on any atom is -0.504 e. The molecule has 41 heavy (non-hydrogen) atoms. The normalized spacial score (nSPS) is 29.1. The number of benzene rings is 3. The number of likely N-dealkylation sites (N-methyl/N-ethyl adjacent to an activating group) is 1. The number of ether oxygens (including phenoxy) is 1. The molecule has 1 spiro atoms. The molecule has 2 aliphatic carbocycles. The van der Waals surface area contributed by atoms with Crippen molar-refractivity contribution in [3.05, 3.63) is 107 Å². The number of rotatable bonds is 7. The Hall–Kier alpha value is -3.61. The van der Waals surface area contributed by atoms with E-state index in [0.717, 1.165) is 36.2 Å². The number of phenols is 1. The molecule has 2 aliphatic heterocycles. The molecule has 7 rings (SSSR count). The summed E-state index contributed by atoms with van der Waals surface area (Å²) in [7, 11) is 1.84. The van der Waals surface area contributed by atoms with E-state index in [1.165, 1.54) is 11.1 Å². The topological polar surface area (TPSA) is 73.2 Å². The third kappa shape index (κ3) is 3.95. The molecule has 1 saturated heterocycles. The molecule has 1 fully saturated rings. The summed E-state index contributed by atoms with van der Waals surface area (Å²) in [6.07, 6.45) is 6.82. The molecule has 212 valence electrons. The van der Waals surface area contributed by atoms with Gasteiger partial charge in [0.25, 0.3) is 0 Å². The van der Waals surface area contributed by atoms with Crippen molar-refractivity contribution in [3.63, 3.8) is 0 Å². The zero-order valence-electron chi connectivity index (χ0n) is 23.8. The summed E-state index contributed by atoms with van der Waals surface area (Å²) in [6.45, 7) is 3.74. The second-order valence-electron chi connectivity index (χ2n) is 12.4. The predicted octanol–water partition coefficient (Wildman–Crippen LogP) is 4.33. The quantitative estimate of drug-likeness (QED) is 0.429. The number of hydrogen-bond donors (Lipinski definition) is 2. The van der Waals surface area contributed by atoms with Gasteiger partial charge in [-0.15, -0.1) is 0 Å². The Balaban J connectivity index is 1.21. The van der Waals surface area contributed by atoms with Gasteiger partial charge in [0.2, 0.25) is 5.91 Å². The summed E-state index contributed by atoms with van der Waals surface area (Å²) < 4.78 is 6.63. The average molecular weight is 551 g/mol. The highest BCUT2D eigenvalue weighted by molar-refractivity contribution is 5.77. The van der Waals surface area contributed by atoms with Gasteiger partial charge in [-0.1, -0.05) is 78.4 Å². The minimum absolute atomic E-state index is 0.0413. The Morgan fingerprint density at radius 2 is 1.88 bits per heavy atom. The van der Waals surface area contributed by atoms with E-state index in [4.69, 9.17) is 4.74 Å². The number of aromatic hydroxyl groups is 1. The maximum Gasteiger partial charge on any atom is 0.223 e. The molecule has 5 atom stereocenters. The fourth-order valence-electron chi connectivity index (χ4n) is 8.15. The maximum absolute atomic E-state index is 13.5. The van der Waals surface area contributed by atoms with E-state index in [1.54, 1.807) is 11.0 Å². The molecular formula is C35H38N2O4. The summed E-state index contributed by atoms with van der Waals surface area (Å²) >= 11 is 0. The second-order valence-corrected chi connectivity index (χ2v) is 12.4. The lowest BCUT2D eigenvalue weighted by molar-refractivity contribution is -0.155. The number of carbonyl (C=O) groups excluding carboxylic acids is 1. The summed E-state index contributed by atoms with van der Waals surface area (Å²) in [4.78, 5) is 17.8. The van der Waals surface area contributed by atoms with Gasteiger partial charge in [0.1, 0.15) is 11.7 Å². The Morgan fingerprint density at radius 1 is 1.07 bits per heavy atom. The molecule has 0 saturated carbocycles. The molecule has 2 bridgehead atoms. The summed E-state index contributed by atoms with van der Waals surface area (Å²) in [5, 5.41) is 23.6. The van der Waals surface area contributed by atoms with E-state index in [-0.39, 0.29) is 23.7 Å². The smallest absolute Gasteiger partial charge is 0.223 e. The van der Waals surface area contributed by atoms with Crippen molar-refractivity contribution < 1.29 is 19.7 Å². The molecule has 2 unspecified atom stereocenters. The molecule has 2 heterocycles. The first kappa shape index (κ1) is 26.3. The van der Waals surface area contributed by atoms with Gasteiger partial charge in [0.15, 0.2) is 11.5 Å². The SMILES string of the molecule is Cc1cccc(CCC(=O)N(C)C2C=C[C@@]3(O)[C@H]4Cc5ccc(O)c6c5[C@@]3(CCN4CCc3ccccc3)C2O6)c1. The lowest BCUT2D eigenvalue weighted by Crippen LogP contribution is -2.76. The molecule has 2 N–H and O–H groups in total. The number of hydrogen-bond acceptors (Lipinski definition) is 5. The third-order valence-electron chi connectivity index (χ3n) is 10.2. The van der Waals surface area contributed by atoms with Gasteiger partial charge in [0, 0.05) is 31.6 Å². The Bertz CT molecular complexity index is 1520. The van der Waals surface area contributed by atoms with Gasteiger partial charge in [-0.3, -0.25) is 9.69 Å². The number of aliphatic hydroxyl groups is 1.